The van der Waals surface area contributed by atoms with E-state index in [0.29, 0.717) is 17.2 Å². The Hall–Kier alpha value is -2.44. The van der Waals surface area contributed by atoms with Gasteiger partial charge in [-0.15, -0.1) is 0 Å². The van der Waals surface area contributed by atoms with E-state index in [1.165, 1.54) is 33.5 Å². The molecule has 0 aliphatic rings. The molecule has 1 amide bonds. The molecular weight excluding hydrogens is 278 g/mol. The highest BCUT2D eigenvalue weighted by molar-refractivity contribution is 5.97. The average molecular weight is 297 g/mol. The first-order valence-corrected chi connectivity index (χ1v) is 6.31. The van der Waals surface area contributed by atoms with Crippen LogP contribution in [0.5, 0.6) is 17.2 Å². The zero-order valence-corrected chi connectivity index (χ0v) is 12.5. The number of nitrogens with one attached hydrogen (secondary N) is 1. The molecule has 0 unspecified atom stereocenters. The second-order valence-corrected chi connectivity index (χ2v) is 3.90. The Morgan fingerprint density at radius 3 is 2.05 bits per heavy atom. The smallest absolute Gasteiger partial charge is 0.325 e. The predicted molar refractivity (Wildman–Crippen MR) is 75.1 cm³/mol. The van der Waals surface area contributed by atoms with Crippen LogP contribution in [-0.2, 0) is 9.53 Å². The van der Waals surface area contributed by atoms with Crippen LogP contribution in [0.4, 0.5) is 0 Å². The Bertz CT molecular complexity index is 489. The van der Waals surface area contributed by atoms with E-state index in [9.17, 15) is 9.59 Å². The van der Waals surface area contributed by atoms with E-state index in [4.69, 9.17) is 18.9 Å². The molecule has 0 aliphatic carbocycles. The van der Waals surface area contributed by atoms with Crippen molar-refractivity contribution in [2.75, 3.05) is 34.5 Å². The van der Waals surface area contributed by atoms with Gasteiger partial charge < -0.3 is 24.3 Å². The van der Waals surface area contributed by atoms with Crippen LogP contribution in [0.2, 0.25) is 0 Å². The van der Waals surface area contributed by atoms with E-state index < -0.39 is 11.9 Å². The van der Waals surface area contributed by atoms with Gasteiger partial charge in [-0.1, -0.05) is 0 Å². The van der Waals surface area contributed by atoms with Gasteiger partial charge in [0, 0.05) is 5.56 Å². The second-order valence-electron chi connectivity index (χ2n) is 3.90. The van der Waals surface area contributed by atoms with Gasteiger partial charge in [0.15, 0.2) is 11.5 Å². The highest BCUT2D eigenvalue weighted by atomic mass is 16.5. The van der Waals surface area contributed by atoms with Gasteiger partial charge in [0.05, 0.1) is 27.9 Å². The first-order chi connectivity index (χ1) is 10.1. The number of hydrogen-bond donors (Lipinski definition) is 1. The van der Waals surface area contributed by atoms with Gasteiger partial charge in [0.1, 0.15) is 6.54 Å². The molecule has 1 aromatic rings. The minimum atomic E-state index is -0.502. The molecular formula is C14H19NO6. The highest BCUT2D eigenvalue weighted by Gasteiger charge is 2.17. The topological polar surface area (TPSA) is 83.1 Å². The molecule has 1 aromatic carbocycles. The van der Waals surface area contributed by atoms with Crippen molar-refractivity contribution in [3.05, 3.63) is 17.7 Å². The molecule has 0 saturated heterocycles. The maximum absolute atomic E-state index is 12.0. The number of methoxy groups -OCH3 is 3. The fraction of sp³-hybridized carbons (Fsp3) is 0.429. The molecule has 0 saturated carbocycles. The summed E-state index contributed by atoms with van der Waals surface area (Å²) >= 11 is 0. The van der Waals surface area contributed by atoms with Crippen molar-refractivity contribution in [2.24, 2.45) is 0 Å². The Labute approximate surface area is 123 Å². The Morgan fingerprint density at radius 1 is 1.05 bits per heavy atom. The van der Waals surface area contributed by atoms with E-state index in [2.05, 4.69) is 5.32 Å². The first-order valence-electron chi connectivity index (χ1n) is 6.31. The van der Waals surface area contributed by atoms with Gasteiger partial charge in [-0.3, -0.25) is 9.59 Å². The summed E-state index contributed by atoms with van der Waals surface area (Å²) < 4.78 is 20.2. The fourth-order valence-electron chi connectivity index (χ4n) is 1.68. The lowest BCUT2D eigenvalue weighted by atomic mass is 10.1. The standard InChI is InChI=1S/C14H19NO6/c1-5-21-12(16)8-15-14(17)9-6-10(18-2)13(20-4)11(7-9)19-3/h6-7H,5,8H2,1-4H3,(H,15,17). The lowest BCUT2D eigenvalue weighted by Crippen LogP contribution is -2.30. The van der Waals surface area contributed by atoms with Crippen molar-refractivity contribution < 1.29 is 28.5 Å². The summed E-state index contributed by atoms with van der Waals surface area (Å²) in [5.41, 5.74) is 0.286. The van der Waals surface area contributed by atoms with Crippen LogP contribution in [-0.4, -0.2) is 46.4 Å². The van der Waals surface area contributed by atoms with Crippen molar-refractivity contribution in [2.45, 2.75) is 6.92 Å². The number of esters is 1. The minimum absolute atomic E-state index is 0.205. The molecule has 116 valence electrons. The van der Waals surface area contributed by atoms with E-state index in [1.54, 1.807) is 6.92 Å². The summed E-state index contributed by atoms with van der Waals surface area (Å²) in [6.45, 7) is 1.75. The number of rotatable bonds is 7. The third-order valence-corrected chi connectivity index (χ3v) is 2.63. The quantitative estimate of drug-likeness (QED) is 0.756. The van der Waals surface area contributed by atoms with Gasteiger partial charge in [-0.25, -0.2) is 0 Å². The monoisotopic (exact) mass is 297 g/mol. The summed E-state index contributed by atoms with van der Waals surface area (Å²) in [6, 6.07) is 3.00. The van der Waals surface area contributed by atoms with Crippen LogP contribution in [0, 0.1) is 0 Å². The predicted octanol–water partition coefficient (Wildman–Crippen LogP) is 1.01. The molecule has 0 fully saturated rings. The Balaban J connectivity index is 2.92. The molecule has 1 rings (SSSR count). The van der Waals surface area contributed by atoms with Gasteiger partial charge >= 0.3 is 5.97 Å². The number of amides is 1. The first kappa shape index (κ1) is 16.6. The lowest BCUT2D eigenvalue weighted by molar-refractivity contribution is -0.141. The molecule has 0 radical (unpaired) electrons. The molecule has 0 aliphatic heterocycles. The number of ether oxygens (including phenoxy) is 4. The van der Waals surface area contributed by atoms with Crippen molar-refractivity contribution in [1.29, 1.82) is 0 Å². The fourth-order valence-corrected chi connectivity index (χ4v) is 1.68. The lowest BCUT2D eigenvalue weighted by Gasteiger charge is -2.14. The van der Waals surface area contributed by atoms with Crippen LogP contribution in [0.1, 0.15) is 17.3 Å². The molecule has 0 aromatic heterocycles. The van der Waals surface area contributed by atoms with Crippen molar-refractivity contribution in [3.63, 3.8) is 0 Å². The number of carbonyl (C=O) groups excluding carboxylic acids is 2. The minimum Gasteiger partial charge on any atom is -0.493 e. The SMILES string of the molecule is CCOC(=O)CNC(=O)c1cc(OC)c(OC)c(OC)c1. The van der Waals surface area contributed by atoms with Crippen LogP contribution in [0.25, 0.3) is 0 Å². The van der Waals surface area contributed by atoms with Crippen molar-refractivity contribution in [3.8, 4) is 17.2 Å². The van der Waals surface area contributed by atoms with E-state index in [1.807, 2.05) is 0 Å². The molecule has 0 spiro atoms. The number of hydrogen-bond acceptors (Lipinski definition) is 6. The number of benzene rings is 1. The molecule has 21 heavy (non-hydrogen) atoms. The molecule has 0 atom stereocenters. The third kappa shape index (κ3) is 4.27. The maximum atomic E-state index is 12.0. The van der Waals surface area contributed by atoms with Crippen molar-refractivity contribution in [1.82, 2.24) is 5.32 Å². The molecule has 7 nitrogen and oxygen atoms in total. The van der Waals surface area contributed by atoms with Gasteiger partial charge in [0.25, 0.3) is 5.91 Å². The molecule has 0 bridgehead atoms. The zero-order chi connectivity index (χ0) is 15.8. The summed E-state index contributed by atoms with van der Waals surface area (Å²) in [5.74, 6) is 0.166. The highest BCUT2D eigenvalue weighted by Crippen LogP contribution is 2.38. The van der Waals surface area contributed by atoms with E-state index >= 15 is 0 Å². The molecule has 0 heterocycles. The molecule has 7 heteroatoms. The summed E-state index contributed by atoms with van der Waals surface area (Å²) in [7, 11) is 4.38. The van der Waals surface area contributed by atoms with Crippen LogP contribution < -0.4 is 19.5 Å². The summed E-state index contributed by atoms with van der Waals surface area (Å²) in [5, 5.41) is 2.46. The van der Waals surface area contributed by atoms with Gasteiger partial charge in [-0.05, 0) is 19.1 Å². The van der Waals surface area contributed by atoms with Gasteiger partial charge in [0.2, 0.25) is 5.75 Å². The van der Waals surface area contributed by atoms with E-state index in [0.717, 1.165) is 0 Å². The van der Waals surface area contributed by atoms with Crippen LogP contribution in [0.15, 0.2) is 12.1 Å². The normalized spacial score (nSPS) is 9.71. The van der Waals surface area contributed by atoms with Crippen LogP contribution >= 0.6 is 0 Å². The summed E-state index contributed by atoms with van der Waals surface area (Å²) in [4.78, 5) is 23.2. The zero-order valence-electron chi connectivity index (χ0n) is 12.5. The third-order valence-electron chi connectivity index (χ3n) is 2.63. The Kier molecular flexibility index (Phi) is 6.32. The summed E-state index contributed by atoms with van der Waals surface area (Å²) in [6.07, 6.45) is 0. The largest absolute Gasteiger partial charge is 0.493 e. The van der Waals surface area contributed by atoms with Crippen molar-refractivity contribution >= 4 is 11.9 Å². The number of carbonyl (C=O) groups is 2. The molecule has 1 N–H and O–H groups in total. The second kappa shape index (κ2) is 7.98. The van der Waals surface area contributed by atoms with E-state index in [-0.39, 0.29) is 18.7 Å². The Morgan fingerprint density at radius 2 is 1.62 bits per heavy atom. The van der Waals surface area contributed by atoms with Crippen LogP contribution in [0.3, 0.4) is 0 Å². The maximum Gasteiger partial charge on any atom is 0.325 e. The average Bonchev–Trinajstić information content (AvgIpc) is 2.51. The van der Waals surface area contributed by atoms with Gasteiger partial charge in [-0.2, -0.15) is 0 Å².